The molecule has 1 heterocycles. The number of amides is 2. The van der Waals surface area contributed by atoms with Crippen LogP contribution in [0.15, 0.2) is 71.8 Å². The second-order valence-corrected chi connectivity index (χ2v) is 18.3. The zero-order valence-electron chi connectivity index (χ0n) is 35.5. The summed E-state index contributed by atoms with van der Waals surface area (Å²) in [6.07, 6.45) is -7.53. The largest absolute Gasteiger partial charge is 0.456 e. The van der Waals surface area contributed by atoms with Crippen molar-refractivity contribution in [3.63, 3.8) is 0 Å². The first-order valence-corrected chi connectivity index (χ1v) is 20.2. The first kappa shape index (κ1) is 44.4. The number of urea groups is 1. The number of hydrogen-bond acceptors (Lipinski definition) is 13. The van der Waals surface area contributed by atoms with E-state index in [1.54, 1.807) is 97.0 Å². The molecule has 15 nitrogen and oxygen atoms in total. The fourth-order valence-corrected chi connectivity index (χ4v) is 9.91. The highest BCUT2D eigenvalue weighted by molar-refractivity contribution is 5.95. The number of benzene rings is 2. The lowest BCUT2D eigenvalue weighted by atomic mass is 9.45. The van der Waals surface area contributed by atoms with Gasteiger partial charge in [0, 0.05) is 36.6 Å². The van der Waals surface area contributed by atoms with Crippen molar-refractivity contribution in [3.05, 3.63) is 82.9 Å². The first-order valence-electron chi connectivity index (χ1n) is 20.2. The summed E-state index contributed by atoms with van der Waals surface area (Å²) in [5, 5.41) is 30.8. The maximum atomic E-state index is 15.4. The van der Waals surface area contributed by atoms with E-state index < -0.39 is 112 Å². The Morgan fingerprint density at radius 2 is 1.52 bits per heavy atom. The molecule has 2 amide bonds. The van der Waals surface area contributed by atoms with Crippen molar-refractivity contribution in [1.29, 1.82) is 0 Å². The molecule has 1 saturated heterocycles. The summed E-state index contributed by atoms with van der Waals surface area (Å²) < 4.78 is 30.5. The van der Waals surface area contributed by atoms with Crippen molar-refractivity contribution in [2.24, 2.45) is 16.7 Å². The second kappa shape index (κ2) is 16.1. The summed E-state index contributed by atoms with van der Waals surface area (Å²) in [5.41, 5.74) is -6.76. The van der Waals surface area contributed by atoms with E-state index in [0.717, 1.165) is 6.92 Å². The smallest absolute Gasteiger partial charge is 0.338 e. The van der Waals surface area contributed by atoms with Crippen LogP contribution in [0.3, 0.4) is 0 Å². The highest BCUT2D eigenvalue weighted by Gasteiger charge is 2.76. The average Bonchev–Trinajstić information content (AvgIpc) is 3.15. The van der Waals surface area contributed by atoms with Crippen molar-refractivity contribution in [2.45, 2.75) is 135 Å². The Balaban J connectivity index is 1.52. The fraction of sp³-hybridized carbons (Fsp3) is 0.556. The maximum Gasteiger partial charge on any atom is 0.338 e. The predicted octanol–water partition coefficient (Wildman–Crippen LogP) is 4.43. The lowest BCUT2D eigenvalue weighted by Gasteiger charge is -2.66. The van der Waals surface area contributed by atoms with E-state index in [1.165, 1.54) is 19.1 Å². The first-order chi connectivity index (χ1) is 28.0. The van der Waals surface area contributed by atoms with Crippen LogP contribution in [0.4, 0.5) is 4.79 Å². The van der Waals surface area contributed by atoms with Gasteiger partial charge in [-0.2, -0.15) is 0 Å². The Kier molecular flexibility index (Phi) is 11.9. The fourth-order valence-electron chi connectivity index (χ4n) is 9.91. The second-order valence-electron chi connectivity index (χ2n) is 18.3. The topological polar surface area (TPSA) is 213 Å². The molecule has 0 spiro atoms. The van der Waals surface area contributed by atoms with Gasteiger partial charge < -0.3 is 44.5 Å². The molecule has 60 heavy (non-hydrogen) atoms. The molecule has 6 rings (SSSR count). The van der Waals surface area contributed by atoms with Gasteiger partial charge in [0.15, 0.2) is 23.6 Å². The van der Waals surface area contributed by atoms with Gasteiger partial charge >= 0.3 is 29.9 Å². The van der Waals surface area contributed by atoms with Gasteiger partial charge in [0.1, 0.15) is 23.9 Å². The number of ether oxygens (including phenoxy) is 5. The van der Waals surface area contributed by atoms with Crippen LogP contribution in [-0.2, 0) is 42.9 Å². The van der Waals surface area contributed by atoms with E-state index >= 15 is 4.79 Å². The van der Waals surface area contributed by atoms with Gasteiger partial charge in [0.05, 0.1) is 24.1 Å². The number of hydrogen-bond donors (Lipinski definition) is 4. The molecule has 1 aliphatic heterocycles. The third-order valence-electron chi connectivity index (χ3n) is 12.8. The Hall–Kier alpha value is -5.12. The molecule has 0 aromatic heterocycles. The maximum absolute atomic E-state index is 15.4. The summed E-state index contributed by atoms with van der Waals surface area (Å²) in [6, 6.07) is 14.4. The molecule has 3 fully saturated rings. The van der Waals surface area contributed by atoms with E-state index in [9.17, 15) is 34.2 Å². The molecule has 324 valence electrons. The minimum absolute atomic E-state index is 0.111. The average molecular weight is 833 g/mol. The van der Waals surface area contributed by atoms with Gasteiger partial charge in [-0.05, 0) is 69.4 Å². The monoisotopic (exact) mass is 832 g/mol. The number of esters is 4. The highest BCUT2D eigenvalue weighted by Crippen LogP contribution is 2.64. The van der Waals surface area contributed by atoms with Gasteiger partial charge in [0.2, 0.25) is 0 Å². The van der Waals surface area contributed by atoms with E-state index in [0.29, 0.717) is 5.56 Å². The summed E-state index contributed by atoms with van der Waals surface area (Å²) in [5.74, 6) is -5.43. The molecule has 2 bridgehead atoms. The number of ketones is 1. The summed E-state index contributed by atoms with van der Waals surface area (Å²) >= 11 is 0. The molecule has 3 aliphatic carbocycles. The van der Waals surface area contributed by atoms with Crippen molar-refractivity contribution >= 4 is 35.7 Å². The zero-order chi connectivity index (χ0) is 44.2. The SMILES string of the molecule is CC(=O)O[C@H]1C(=O)[C@]2(C)CC[C@H]3OC[C@@]3(OC(C)=O)[C@H]2[C@H](OC(=O)c2ccccc2)[C@]2(O)C[C@H](OC(=O)[C@H](O)[C@@H](NC(=O)NC(C)(C)C)c3ccccc3)C(C)=C1C2(C)C. The van der Waals surface area contributed by atoms with Crippen molar-refractivity contribution in [3.8, 4) is 0 Å². The number of aliphatic hydroxyl groups excluding tert-OH is 1. The minimum atomic E-state index is -2.26. The van der Waals surface area contributed by atoms with Crippen molar-refractivity contribution in [1.82, 2.24) is 10.6 Å². The van der Waals surface area contributed by atoms with E-state index in [1.807, 2.05) is 0 Å². The standard InChI is InChI=1S/C45H56N2O13/c1-24-29(58-39(53)33(50)32(27-16-12-10-13-17-27)46-40(54)47-41(4,5)6)22-45(55)37(59-38(52)28-18-14-11-15-19-28)35-43(9,21-20-30-44(35,23-56-30)60-26(3)49)36(51)34(57-25(2)48)31(24)42(45,7)8/h10-19,29-30,32-35,37,50,55H,20-23H2,1-9H3,(H2,46,47,54)/t29-,30+,32-,33+,34+,35-,37-,43+,44-,45+/m0/s1. The van der Waals surface area contributed by atoms with Crippen LogP contribution in [0.1, 0.15) is 104 Å². The number of nitrogens with one attached hydrogen (secondary N) is 2. The lowest BCUT2D eigenvalue weighted by Crippen LogP contribution is -2.79. The summed E-state index contributed by atoms with van der Waals surface area (Å²) in [4.78, 5) is 82.9. The van der Waals surface area contributed by atoms with Crippen molar-refractivity contribution in [2.75, 3.05) is 6.61 Å². The number of aliphatic hydroxyl groups is 2. The summed E-state index contributed by atoms with van der Waals surface area (Å²) in [6.45, 7) is 13.9. The molecule has 2 aromatic carbocycles. The van der Waals surface area contributed by atoms with Crippen LogP contribution < -0.4 is 10.6 Å². The number of Topliss-reactive ketones (excluding diaryl/α,β-unsaturated/α-hetero) is 1. The molecule has 0 unspecified atom stereocenters. The molecule has 4 aliphatic rings. The number of rotatable bonds is 9. The molecule has 15 heteroatoms. The number of carbonyl (C=O) groups is 6. The Morgan fingerprint density at radius 1 is 0.900 bits per heavy atom. The highest BCUT2D eigenvalue weighted by atomic mass is 16.6. The molecular weight excluding hydrogens is 776 g/mol. The zero-order valence-corrected chi connectivity index (χ0v) is 35.5. The normalized spacial score (nSPS) is 31.6. The third-order valence-corrected chi connectivity index (χ3v) is 12.8. The van der Waals surface area contributed by atoms with Gasteiger partial charge in [-0.25, -0.2) is 14.4 Å². The lowest BCUT2D eigenvalue weighted by molar-refractivity contribution is -0.332. The van der Waals surface area contributed by atoms with Crippen LogP contribution in [0.25, 0.3) is 0 Å². The Labute approximate surface area is 349 Å². The molecular formula is C45H56N2O13. The third kappa shape index (κ3) is 7.82. The van der Waals surface area contributed by atoms with Crippen LogP contribution in [0.5, 0.6) is 0 Å². The van der Waals surface area contributed by atoms with Gasteiger partial charge in [-0.1, -0.05) is 69.3 Å². The molecule has 10 atom stereocenters. The van der Waals surface area contributed by atoms with Gasteiger partial charge in [-0.3, -0.25) is 14.4 Å². The van der Waals surface area contributed by atoms with E-state index in [-0.39, 0.29) is 36.2 Å². The molecule has 2 aromatic rings. The predicted molar refractivity (Wildman–Crippen MR) is 214 cm³/mol. The van der Waals surface area contributed by atoms with E-state index in [4.69, 9.17) is 23.7 Å². The Morgan fingerprint density at radius 3 is 2.07 bits per heavy atom. The van der Waals surface area contributed by atoms with Crippen LogP contribution >= 0.6 is 0 Å². The van der Waals surface area contributed by atoms with Crippen LogP contribution in [0.2, 0.25) is 0 Å². The van der Waals surface area contributed by atoms with Gasteiger partial charge in [0.25, 0.3) is 0 Å². The van der Waals surface area contributed by atoms with Crippen LogP contribution in [-0.4, -0.2) is 99.8 Å². The van der Waals surface area contributed by atoms with Crippen molar-refractivity contribution < 1.29 is 62.7 Å². The Bertz CT molecular complexity index is 2060. The summed E-state index contributed by atoms with van der Waals surface area (Å²) in [7, 11) is 0. The molecule has 0 radical (unpaired) electrons. The quantitative estimate of drug-likeness (QED) is 0.157. The van der Waals surface area contributed by atoms with Gasteiger partial charge in [-0.15, -0.1) is 0 Å². The number of carbonyl (C=O) groups excluding carboxylic acids is 6. The minimum Gasteiger partial charge on any atom is -0.456 e. The molecule has 2 saturated carbocycles. The van der Waals surface area contributed by atoms with E-state index in [2.05, 4.69) is 10.6 Å². The number of fused-ring (bicyclic) bond motifs is 5. The van der Waals surface area contributed by atoms with Crippen LogP contribution in [0, 0.1) is 16.7 Å². The molecule has 4 N–H and O–H groups in total.